The highest BCUT2D eigenvalue weighted by atomic mass is 79.9. The number of carbonyl (C=O) groups is 2. The van der Waals surface area contributed by atoms with Crippen LogP contribution in [0.2, 0.25) is 0 Å². The zero-order valence-electron chi connectivity index (χ0n) is 22.0. The lowest BCUT2D eigenvalue weighted by Crippen LogP contribution is -2.55. The molecule has 0 aliphatic carbocycles. The Morgan fingerprint density at radius 1 is 1.05 bits per heavy atom. The summed E-state index contributed by atoms with van der Waals surface area (Å²) >= 11 is 4.91. The summed E-state index contributed by atoms with van der Waals surface area (Å²) in [5, 5.41) is 0.843. The van der Waals surface area contributed by atoms with Crippen LogP contribution in [0.15, 0.2) is 76.1 Å². The molecule has 0 radical (unpaired) electrons. The molecule has 1 unspecified atom stereocenters. The molecule has 1 fully saturated rings. The molecule has 0 bridgehead atoms. The fraction of sp³-hybridized carbons (Fsp3) is 0.276. The van der Waals surface area contributed by atoms with Crippen LogP contribution in [0, 0.1) is 6.92 Å². The predicted molar refractivity (Wildman–Crippen MR) is 158 cm³/mol. The zero-order valence-corrected chi connectivity index (χ0v) is 25.2. The highest BCUT2D eigenvalue weighted by molar-refractivity contribution is 9.10. The maximum Gasteiger partial charge on any atom is 0.252 e. The van der Waals surface area contributed by atoms with Crippen molar-refractivity contribution in [3.63, 3.8) is 0 Å². The largest absolute Gasteiger partial charge is 0.274 e. The smallest absolute Gasteiger partial charge is 0.252 e. The number of rotatable bonds is 7. The van der Waals surface area contributed by atoms with E-state index in [-0.39, 0.29) is 11.3 Å². The van der Waals surface area contributed by atoms with E-state index in [4.69, 9.17) is 4.98 Å². The Balaban J connectivity index is 1.47. The molecule has 0 saturated carbocycles. The first kappa shape index (κ1) is 27.6. The van der Waals surface area contributed by atoms with Crippen molar-refractivity contribution < 1.29 is 18.0 Å². The number of nitrogens with zero attached hydrogens (tertiary/aromatic N) is 3. The normalized spacial score (nSPS) is 16.6. The molecule has 1 atom stereocenters. The summed E-state index contributed by atoms with van der Waals surface area (Å²) in [6.07, 6.45) is 0.230. The Morgan fingerprint density at radius 3 is 2.36 bits per heavy atom. The minimum absolute atomic E-state index is 0.0707. The number of aryl methyl sites for hydroxylation is 1. The summed E-state index contributed by atoms with van der Waals surface area (Å²) in [6.45, 7) is 7.46. The quantitative estimate of drug-likeness (QED) is 0.217. The van der Waals surface area contributed by atoms with E-state index < -0.39 is 33.4 Å². The number of thiazole rings is 1. The molecule has 202 valence electrons. The van der Waals surface area contributed by atoms with Crippen LogP contribution in [0.25, 0.3) is 20.8 Å². The third kappa shape index (κ3) is 5.06. The minimum Gasteiger partial charge on any atom is -0.274 e. The average molecular weight is 627 g/mol. The first-order valence-electron chi connectivity index (χ1n) is 12.6. The van der Waals surface area contributed by atoms with Crippen LogP contribution in [0.1, 0.15) is 39.2 Å². The van der Waals surface area contributed by atoms with E-state index >= 15 is 0 Å². The molecule has 2 amide bonds. The van der Waals surface area contributed by atoms with E-state index in [1.807, 2.05) is 38.1 Å². The van der Waals surface area contributed by atoms with Gasteiger partial charge in [0.25, 0.3) is 5.91 Å². The van der Waals surface area contributed by atoms with Gasteiger partial charge in [-0.2, -0.15) is 4.31 Å². The van der Waals surface area contributed by atoms with Crippen LogP contribution < -0.4 is 4.90 Å². The molecular formula is C29H28BrN3O4S2. The number of carbonyl (C=O) groups excluding carboxylic acids is 2. The van der Waals surface area contributed by atoms with Gasteiger partial charge in [-0.25, -0.2) is 18.3 Å². The van der Waals surface area contributed by atoms with Crippen LogP contribution in [0.3, 0.4) is 0 Å². The van der Waals surface area contributed by atoms with E-state index in [1.165, 1.54) is 16.4 Å². The fourth-order valence-corrected chi connectivity index (χ4v) is 8.09. The van der Waals surface area contributed by atoms with E-state index in [0.717, 1.165) is 35.7 Å². The molecule has 5 rings (SSSR count). The van der Waals surface area contributed by atoms with E-state index in [0.29, 0.717) is 12.1 Å². The second-order valence-corrected chi connectivity index (χ2v) is 14.0. The van der Waals surface area contributed by atoms with Gasteiger partial charge >= 0.3 is 0 Å². The monoisotopic (exact) mass is 625 g/mol. The van der Waals surface area contributed by atoms with Crippen molar-refractivity contribution in [2.24, 2.45) is 0 Å². The summed E-state index contributed by atoms with van der Waals surface area (Å²) in [5.41, 5.74) is 2.46. The molecule has 2 heterocycles. The average Bonchev–Trinajstić information content (AvgIpc) is 3.44. The Kier molecular flexibility index (Phi) is 7.26. The third-order valence-corrected chi connectivity index (χ3v) is 10.9. The fourth-order valence-electron chi connectivity index (χ4n) is 4.77. The number of anilines is 1. The van der Waals surface area contributed by atoms with E-state index in [2.05, 4.69) is 22.0 Å². The SMILES string of the molecule is CCC(C)(C)N(C1CC(=O)N(c2ccc(-c3nc4ccc(C)cc4s3)cc2)C1=O)S(=O)(=O)c1ccc(Br)cc1. The Morgan fingerprint density at radius 2 is 1.72 bits per heavy atom. The van der Waals surface area contributed by atoms with Gasteiger partial charge in [-0.3, -0.25) is 9.59 Å². The molecule has 10 heteroatoms. The molecule has 3 aromatic carbocycles. The number of sulfonamides is 1. The van der Waals surface area contributed by atoms with Crippen molar-refractivity contribution >= 4 is 65.0 Å². The number of imide groups is 1. The summed E-state index contributed by atoms with van der Waals surface area (Å²) in [4.78, 5) is 32.8. The van der Waals surface area contributed by atoms with Crippen molar-refractivity contribution in [3.05, 3.63) is 76.8 Å². The van der Waals surface area contributed by atoms with Gasteiger partial charge < -0.3 is 0 Å². The van der Waals surface area contributed by atoms with Crippen LogP contribution in [-0.4, -0.2) is 41.1 Å². The second kappa shape index (κ2) is 10.2. The van der Waals surface area contributed by atoms with Gasteiger partial charge in [0.15, 0.2) is 0 Å². The second-order valence-electron chi connectivity index (χ2n) is 10.2. The molecule has 0 N–H and O–H groups in total. The molecule has 7 nitrogen and oxygen atoms in total. The first-order valence-corrected chi connectivity index (χ1v) is 15.6. The van der Waals surface area contributed by atoms with E-state index in [1.54, 1.807) is 49.4 Å². The van der Waals surface area contributed by atoms with Gasteiger partial charge in [-0.05, 0) is 93.4 Å². The van der Waals surface area contributed by atoms with Crippen LogP contribution >= 0.6 is 27.3 Å². The summed E-state index contributed by atoms with van der Waals surface area (Å²) in [6, 6.07) is 18.3. The summed E-state index contributed by atoms with van der Waals surface area (Å²) in [5.74, 6) is -0.985. The van der Waals surface area contributed by atoms with Gasteiger partial charge in [0.2, 0.25) is 15.9 Å². The number of halogens is 1. The third-order valence-electron chi connectivity index (χ3n) is 7.15. The number of aromatic nitrogens is 1. The number of benzene rings is 3. The van der Waals surface area contributed by atoms with Crippen molar-refractivity contribution in [2.45, 2.75) is 57.0 Å². The number of amides is 2. The van der Waals surface area contributed by atoms with Gasteiger partial charge in [0.1, 0.15) is 11.0 Å². The lowest BCUT2D eigenvalue weighted by atomic mass is 10.00. The number of hydrogen-bond donors (Lipinski definition) is 0. The lowest BCUT2D eigenvalue weighted by Gasteiger charge is -2.39. The van der Waals surface area contributed by atoms with Crippen molar-refractivity contribution in [3.8, 4) is 10.6 Å². The number of fused-ring (bicyclic) bond motifs is 1. The maximum atomic E-state index is 13.9. The Bertz CT molecular complexity index is 1680. The molecule has 1 saturated heterocycles. The molecule has 1 aliphatic rings. The van der Waals surface area contributed by atoms with Crippen LogP contribution in [0.5, 0.6) is 0 Å². The molecule has 4 aromatic rings. The lowest BCUT2D eigenvalue weighted by molar-refractivity contribution is -0.122. The Labute approximate surface area is 240 Å². The predicted octanol–water partition coefficient (Wildman–Crippen LogP) is 6.55. The topological polar surface area (TPSA) is 87.7 Å². The Hall–Kier alpha value is -2.92. The van der Waals surface area contributed by atoms with Crippen molar-refractivity contribution in [2.75, 3.05) is 4.90 Å². The highest BCUT2D eigenvalue weighted by Crippen LogP contribution is 2.37. The first-order chi connectivity index (χ1) is 18.4. The molecule has 0 spiro atoms. The molecular weight excluding hydrogens is 598 g/mol. The highest BCUT2D eigenvalue weighted by Gasteiger charge is 2.51. The van der Waals surface area contributed by atoms with E-state index in [9.17, 15) is 18.0 Å². The van der Waals surface area contributed by atoms with Crippen molar-refractivity contribution in [1.29, 1.82) is 0 Å². The van der Waals surface area contributed by atoms with Gasteiger partial charge in [0.05, 0.1) is 27.2 Å². The van der Waals surface area contributed by atoms with Gasteiger partial charge in [-0.15, -0.1) is 11.3 Å². The van der Waals surface area contributed by atoms with Crippen LogP contribution in [-0.2, 0) is 19.6 Å². The number of hydrogen-bond acceptors (Lipinski definition) is 6. The van der Waals surface area contributed by atoms with Crippen LogP contribution in [0.4, 0.5) is 5.69 Å². The minimum atomic E-state index is -4.09. The molecule has 1 aliphatic heterocycles. The summed E-state index contributed by atoms with van der Waals surface area (Å²) < 4.78 is 30.8. The van der Waals surface area contributed by atoms with Gasteiger partial charge in [-0.1, -0.05) is 28.9 Å². The maximum absolute atomic E-state index is 13.9. The zero-order chi connectivity index (χ0) is 28.1. The standard InChI is InChI=1S/C29H28BrN3O4S2/c1-5-29(3,4)33(39(36,37)22-13-9-20(30)10-14-22)24-17-26(34)32(28(24)35)21-11-7-19(8-12-21)27-31-23-15-6-18(2)16-25(23)38-27/h6-16,24H,5,17H2,1-4H3. The van der Waals surface area contributed by atoms with Gasteiger partial charge in [0, 0.05) is 15.6 Å². The molecule has 1 aromatic heterocycles. The summed E-state index contributed by atoms with van der Waals surface area (Å²) in [7, 11) is -4.09. The van der Waals surface area contributed by atoms with Crippen molar-refractivity contribution in [1.82, 2.24) is 9.29 Å². The molecule has 39 heavy (non-hydrogen) atoms.